The third-order valence-corrected chi connectivity index (χ3v) is 5.03. The Morgan fingerprint density at radius 1 is 1.47 bits per heavy atom. The van der Waals surface area contributed by atoms with Crippen LogP contribution in [-0.2, 0) is 4.79 Å². The lowest BCUT2D eigenvalue weighted by molar-refractivity contribution is -0.130. The first-order valence-electron chi connectivity index (χ1n) is 6.90. The number of carbonyl (C=O) groups is 1. The fourth-order valence-electron chi connectivity index (χ4n) is 2.80. The molecule has 2 fully saturated rings. The van der Waals surface area contributed by atoms with Crippen molar-refractivity contribution in [1.29, 1.82) is 0 Å². The van der Waals surface area contributed by atoms with Crippen LogP contribution in [0.15, 0.2) is 0 Å². The summed E-state index contributed by atoms with van der Waals surface area (Å²) in [5, 5.41) is 3.48. The molecule has 0 spiro atoms. The van der Waals surface area contributed by atoms with Crippen molar-refractivity contribution in [3.05, 3.63) is 0 Å². The standard InChI is InChI=1S/C13H24N2OS/c1-3-5-11-13(16)15(12(4-2)14-11)8-10-6-7-17-9-10/h10-12,14H,3-9H2,1-2H3. The summed E-state index contributed by atoms with van der Waals surface area (Å²) >= 11 is 2.03. The van der Waals surface area contributed by atoms with Gasteiger partial charge in [-0.3, -0.25) is 10.1 Å². The second kappa shape index (κ2) is 6.10. The van der Waals surface area contributed by atoms with Crippen molar-refractivity contribution in [3.8, 4) is 0 Å². The van der Waals surface area contributed by atoms with E-state index in [0.29, 0.717) is 5.91 Å². The predicted octanol–water partition coefficient (Wildman–Crippen LogP) is 2.08. The number of nitrogens with one attached hydrogen (secondary N) is 1. The molecule has 0 aromatic rings. The van der Waals surface area contributed by atoms with Crippen LogP contribution in [0.5, 0.6) is 0 Å². The molecule has 3 atom stereocenters. The van der Waals surface area contributed by atoms with Gasteiger partial charge < -0.3 is 4.90 Å². The summed E-state index contributed by atoms with van der Waals surface area (Å²) in [6, 6.07) is 0.0824. The van der Waals surface area contributed by atoms with Crippen LogP contribution >= 0.6 is 11.8 Å². The van der Waals surface area contributed by atoms with Crippen LogP contribution in [0.3, 0.4) is 0 Å². The van der Waals surface area contributed by atoms with Crippen LogP contribution in [0, 0.1) is 5.92 Å². The van der Waals surface area contributed by atoms with E-state index in [-0.39, 0.29) is 12.2 Å². The van der Waals surface area contributed by atoms with Gasteiger partial charge in [0.25, 0.3) is 0 Å². The molecular weight excluding hydrogens is 232 g/mol. The molecule has 0 aromatic carbocycles. The second-order valence-electron chi connectivity index (χ2n) is 5.15. The maximum Gasteiger partial charge on any atom is 0.241 e. The Morgan fingerprint density at radius 2 is 2.29 bits per heavy atom. The Morgan fingerprint density at radius 3 is 2.88 bits per heavy atom. The summed E-state index contributed by atoms with van der Waals surface area (Å²) in [6.45, 7) is 5.28. The molecule has 2 rings (SSSR count). The average Bonchev–Trinajstić information content (AvgIpc) is 2.92. The van der Waals surface area contributed by atoms with Crippen molar-refractivity contribution < 1.29 is 4.79 Å². The zero-order chi connectivity index (χ0) is 12.3. The molecule has 2 aliphatic heterocycles. The predicted molar refractivity (Wildman–Crippen MR) is 73.1 cm³/mol. The first kappa shape index (κ1) is 13.2. The number of hydrogen-bond donors (Lipinski definition) is 1. The molecule has 2 saturated heterocycles. The molecule has 0 saturated carbocycles. The van der Waals surface area contributed by atoms with Crippen LogP contribution in [0.1, 0.15) is 39.5 Å². The Balaban J connectivity index is 1.95. The molecule has 98 valence electrons. The number of rotatable bonds is 5. The second-order valence-corrected chi connectivity index (χ2v) is 6.30. The number of amides is 1. The lowest BCUT2D eigenvalue weighted by Gasteiger charge is -2.25. The summed E-state index contributed by atoms with van der Waals surface area (Å²) < 4.78 is 0. The smallest absolute Gasteiger partial charge is 0.241 e. The summed E-state index contributed by atoms with van der Waals surface area (Å²) in [4.78, 5) is 14.4. The molecule has 0 bridgehead atoms. The van der Waals surface area contributed by atoms with Crippen molar-refractivity contribution in [2.75, 3.05) is 18.1 Å². The van der Waals surface area contributed by atoms with E-state index in [1.54, 1.807) is 0 Å². The topological polar surface area (TPSA) is 32.3 Å². The van der Waals surface area contributed by atoms with E-state index in [4.69, 9.17) is 0 Å². The fraction of sp³-hybridized carbons (Fsp3) is 0.923. The van der Waals surface area contributed by atoms with Gasteiger partial charge in [-0.15, -0.1) is 0 Å². The molecule has 2 heterocycles. The molecule has 3 nitrogen and oxygen atoms in total. The molecule has 1 amide bonds. The molecule has 0 radical (unpaired) electrons. The van der Waals surface area contributed by atoms with Crippen molar-refractivity contribution >= 4 is 17.7 Å². The van der Waals surface area contributed by atoms with Crippen LogP contribution in [0.25, 0.3) is 0 Å². The molecule has 3 unspecified atom stereocenters. The van der Waals surface area contributed by atoms with Crippen LogP contribution in [0.4, 0.5) is 0 Å². The summed E-state index contributed by atoms with van der Waals surface area (Å²) in [5.41, 5.74) is 0. The van der Waals surface area contributed by atoms with Crippen molar-refractivity contribution in [3.63, 3.8) is 0 Å². The number of hydrogen-bond acceptors (Lipinski definition) is 3. The molecule has 0 aliphatic carbocycles. The van der Waals surface area contributed by atoms with E-state index in [0.717, 1.165) is 31.7 Å². The lowest BCUT2D eigenvalue weighted by Crippen LogP contribution is -2.40. The van der Waals surface area contributed by atoms with Gasteiger partial charge in [0, 0.05) is 6.54 Å². The average molecular weight is 256 g/mol. The largest absolute Gasteiger partial charge is 0.325 e. The summed E-state index contributed by atoms with van der Waals surface area (Å²) in [5.74, 6) is 3.57. The highest BCUT2D eigenvalue weighted by atomic mass is 32.2. The van der Waals surface area contributed by atoms with Crippen molar-refractivity contribution in [1.82, 2.24) is 10.2 Å². The van der Waals surface area contributed by atoms with E-state index >= 15 is 0 Å². The van der Waals surface area contributed by atoms with Crippen molar-refractivity contribution in [2.45, 2.75) is 51.7 Å². The highest BCUT2D eigenvalue weighted by Crippen LogP contribution is 2.27. The SMILES string of the molecule is CCCC1NC(CC)N(CC2CCSC2)C1=O. The van der Waals surface area contributed by atoms with Gasteiger partial charge in [-0.25, -0.2) is 0 Å². The van der Waals surface area contributed by atoms with Gasteiger partial charge in [-0.2, -0.15) is 11.8 Å². The van der Waals surface area contributed by atoms with E-state index in [2.05, 4.69) is 24.1 Å². The molecule has 17 heavy (non-hydrogen) atoms. The van der Waals surface area contributed by atoms with Crippen molar-refractivity contribution in [2.24, 2.45) is 5.92 Å². The first-order valence-corrected chi connectivity index (χ1v) is 8.06. The third-order valence-electron chi connectivity index (χ3n) is 3.79. The zero-order valence-corrected chi connectivity index (χ0v) is 11.8. The molecular formula is C13H24N2OS. The van der Waals surface area contributed by atoms with Gasteiger partial charge in [0.1, 0.15) is 0 Å². The van der Waals surface area contributed by atoms with Crippen LogP contribution in [0.2, 0.25) is 0 Å². The number of thioether (sulfide) groups is 1. The fourth-order valence-corrected chi connectivity index (χ4v) is 4.08. The normalized spacial score (nSPS) is 33.6. The zero-order valence-electron chi connectivity index (χ0n) is 10.9. The maximum absolute atomic E-state index is 12.3. The van der Waals surface area contributed by atoms with E-state index in [1.807, 2.05) is 11.8 Å². The first-order chi connectivity index (χ1) is 8.26. The van der Waals surface area contributed by atoms with E-state index in [1.165, 1.54) is 17.9 Å². The van der Waals surface area contributed by atoms with Gasteiger partial charge in [0.05, 0.1) is 12.2 Å². The Hall–Kier alpha value is -0.220. The minimum atomic E-state index is 0.0824. The molecule has 0 aromatic heterocycles. The maximum atomic E-state index is 12.3. The van der Waals surface area contributed by atoms with Gasteiger partial charge in [-0.05, 0) is 36.7 Å². The Bertz CT molecular complexity index is 266. The minimum Gasteiger partial charge on any atom is -0.325 e. The Labute approximate surface area is 109 Å². The quantitative estimate of drug-likeness (QED) is 0.817. The van der Waals surface area contributed by atoms with Crippen LogP contribution < -0.4 is 5.32 Å². The Kier molecular flexibility index (Phi) is 4.74. The lowest BCUT2D eigenvalue weighted by atomic mass is 10.1. The van der Waals surface area contributed by atoms with Crippen LogP contribution in [-0.4, -0.2) is 41.1 Å². The summed E-state index contributed by atoms with van der Waals surface area (Å²) in [6.07, 6.45) is 4.64. The van der Waals surface area contributed by atoms with E-state index in [9.17, 15) is 4.79 Å². The monoisotopic (exact) mass is 256 g/mol. The molecule has 1 N–H and O–H groups in total. The van der Waals surface area contributed by atoms with Gasteiger partial charge >= 0.3 is 0 Å². The minimum absolute atomic E-state index is 0.0824. The summed E-state index contributed by atoms with van der Waals surface area (Å²) in [7, 11) is 0. The molecule has 4 heteroatoms. The third kappa shape index (κ3) is 2.97. The number of nitrogens with zero attached hydrogens (tertiary/aromatic N) is 1. The van der Waals surface area contributed by atoms with Gasteiger partial charge in [0.15, 0.2) is 0 Å². The molecule has 2 aliphatic rings. The highest BCUT2D eigenvalue weighted by Gasteiger charge is 2.38. The van der Waals surface area contributed by atoms with E-state index < -0.39 is 0 Å². The highest BCUT2D eigenvalue weighted by molar-refractivity contribution is 7.99. The van der Waals surface area contributed by atoms with Gasteiger partial charge in [-0.1, -0.05) is 20.3 Å². The number of carbonyl (C=O) groups excluding carboxylic acids is 1. The van der Waals surface area contributed by atoms with Gasteiger partial charge in [0.2, 0.25) is 5.91 Å².